The van der Waals surface area contributed by atoms with Gasteiger partial charge in [-0.3, -0.25) is 0 Å². The second-order valence-corrected chi connectivity index (χ2v) is 29.0. The Morgan fingerprint density at radius 1 is 0.261 bits per heavy atom. The molecule has 8 bridgehead atoms. The maximum absolute atomic E-state index is 14.8. The van der Waals surface area contributed by atoms with Gasteiger partial charge in [0.1, 0.15) is 0 Å². The molecule has 0 fully saturated rings. The van der Waals surface area contributed by atoms with Gasteiger partial charge in [-0.05, 0) is 121 Å². The van der Waals surface area contributed by atoms with Crippen LogP contribution in [0.3, 0.4) is 0 Å². The molecule has 0 spiro atoms. The Kier molecular flexibility index (Phi) is 10.8. The molecule has 17 rings (SSSR count). The lowest BCUT2D eigenvalue weighted by atomic mass is 10.0. The zero-order chi connectivity index (χ0) is 59.6. The van der Waals surface area contributed by atoms with Crippen LogP contribution >= 0.6 is 0 Å². The zero-order valence-corrected chi connectivity index (χ0v) is 48.9. The van der Waals surface area contributed by atoms with Crippen molar-refractivity contribution in [3.63, 3.8) is 0 Å². The van der Waals surface area contributed by atoms with E-state index in [0.29, 0.717) is 111 Å². The van der Waals surface area contributed by atoms with E-state index in [1.165, 1.54) is 40.7 Å². The van der Waals surface area contributed by atoms with Crippen LogP contribution in [0.15, 0.2) is 263 Å². The van der Waals surface area contributed by atoms with E-state index in [-0.39, 0.29) is 19.6 Å². The zero-order valence-electron chi connectivity index (χ0n) is 45.7. The number of nitrogens with one attached hydrogen (secondary N) is 2. The molecule has 2 N–H and O–H groups in total. The molecule has 0 aliphatic carbocycles. The number of benzene rings is 8. The minimum Gasteiger partial charge on any atom is -0.354 e. The summed E-state index contributed by atoms with van der Waals surface area (Å²) in [6.45, 7) is 0. The lowest BCUT2D eigenvalue weighted by molar-refractivity contribution is 0.587. The summed E-state index contributed by atoms with van der Waals surface area (Å²) in [7, 11) is -16.8. The number of hydrogen-bond donors (Lipinski definition) is 2. The summed E-state index contributed by atoms with van der Waals surface area (Å²) >= 11 is 0. The standard InChI is InChI=1S/C68H42N8O8S4/c77-85(78,73-29-25-41-9-1-5-13-65(41)73)45-17-21-49-53(33-45)61-37-58-50-22-18-46(86(79,80)74-30-26-42-10-2-6-14-66(42)74)34-54(50)63(70-58)39-60-52-24-20-48(88(83,84)76-32-28-44-12-4-8-16-68(44)76)36-56(52)64(72-60)40-59-51-23-19-47(35-55(51)62(71-59)38-57(49)69-61)87(81,82)75-31-27-43-11-3-7-15-67(43)75/h1-40,69,72H. The summed E-state index contributed by atoms with van der Waals surface area (Å²) in [5.74, 6) is 0. The molecule has 0 saturated carbocycles. The smallest absolute Gasteiger partial charge is 0.268 e. The van der Waals surface area contributed by atoms with Gasteiger partial charge in [0.15, 0.2) is 0 Å². The molecule has 7 aromatic heterocycles. The highest BCUT2D eigenvalue weighted by Crippen LogP contribution is 2.44. The quantitative estimate of drug-likeness (QED) is 0.147. The molecule has 16 nitrogen and oxygen atoms in total. The molecule has 15 aromatic rings. The molecule has 2 aliphatic heterocycles. The van der Waals surface area contributed by atoms with Crippen molar-refractivity contribution >= 4 is 127 Å². The van der Waals surface area contributed by atoms with Crippen molar-refractivity contribution in [2.24, 2.45) is 0 Å². The lowest BCUT2D eigenvalue weighted by Crippen LogP contribution is -2.11. The van der Waals surface area contributed by atoms with E-state index in [2.05, 4.69) is 9.97 Å². The Hall–Kier alpha value is -10.6. The first-order valence-corrected chi connectivity index (χ1v) is 33.5. The van der Waals surface area contributed by atoms with Crippen LogP contribution in [-0.4, -0.2) is 69.5 Å². The number of hydrogen-bond acceptors (Lipinski definition) is 10. The maximum Gasteiger partial charge on any atom is 0.268 e. The van der Waals surface area contributed by atoms with E-state index in [9.17, 15) is 33.7 Å². The molecule has 0 unspecified atom stereocenters. The van der Waals surface area contributed by atoms with Crippen molar-refractivity contribution in [2.45, 2.75) is 19.6 Å². The Morgan fingerprint density at radius 2 is 0.534 bits per heavy atom. The number of H-pyrrole nitrogens is 2. The Labute approximate surface area is 501 Å². The van der Waals surface area contributed by atoms with Crippen LogP contribution in [0, 0.1) is 0 Å². The molecule has 0 radical (unpaired) electrons. The van der Waals surface area contributed by atoms with Crippen LogP contribution in [0.4, 0.5) is 0 Å². The van der Waals surface area contributed by atoms with Crippen LogP contribution in [0.2, 0.25) is 0 Å². The van der Waals surface area contributed by atoms with Gasteiger partial charge in [0.2, 0.25) is 0 Å². The van der Waals surface area contributed by atoms with Gasteiger partial charge < -0.3 is 9.97 Å². The van der Waals surface area contributed by atoms with Crippen LogP contribution in [0.25, 0.3) is 132 Å². The second kappa shape index (κ2) is 18.4. The van der Waals surface area contributed by atoms with Crippen molar-refractivity contribution in [1.82, 2.24) is 35.8 Å². The minimum absolute atomic E-state index is 0.00203. The Bertz CT molecular complexity index is 5910. The molecule has 2 aliphatic rings. The van der Waals surface area contributed by atoms with E-state index < -0.39 is 40.1 Å². The van der Waals surface area contributed by atoms with Crippen molar-refractivity contribution in [3.8, 4) is 45.0 Å². The first kappa shape index (κ1) is 51.8. The third-order valence-electron chi connectivity index (χ3n) is 16.9. The van der Waals surface area contributed by atoms with Gasteiger partial charge in [-0.25, -0.2) is 59.5 Å². The number of rotatable bonds is 8. The first-order valence-electron chi connectivity index (χ1n) is 27.8. The monoisotopic (exact) mass is 1230 g/mol. The van der Waals surface area contributed by atoms with Gasteiger partial charge in [-0.15, -0.1) is 0 Å². The third kappa shape index (κ3) is 7.65. The Morgan fingerprint density at radius 3 is 0.864 bits per heavy atom. The lowest BCUT2D eigenvalue weighted by Gasteiger charge is -2.10. The topological polar surface area (TPSA) is 214 Å². The van der Waals surface area contributed by atoms with Crippen LogP contribution in [0.1, 0.15) is 0 Å². The average molecular weight is 1230 g/mol. The molecule has 88 heavy (non-hydrogen) atoms. The van der Waals surface area contributed by atoms with Crippen molar-refractivity contribution in [3.05, 3.63) is 243 Å². The van der Waals surface area contributed by atoms with E-state index in [0.717, 1.165) is 21.5 Å². The number of fused-ring (bicyclic) bond motifs is 24. The van der Waals surface area contributed by atoms with Gasteiger partial charge >= 0.3 is 0 Å². The predicted molar refractivity (Wildman–Crippen MR) is 343 cm³/mol. The van der Waals surface area contributed by atoms with Crippen molar-refractivity contribution < 1.29 is 33.7 Å². The molecule has 0 saturated heterocycles. The van der Waals surface area contributed by atoms with E-state index >= 15 is 0 Å². The fourth-order valence-corrected chi connectivity index (χ4v) is 18.1. The van der Waals surface area contributed by atoms with Gasteiger partial charge in [0, 0.05) is 112 Å². The van der Waals surface area contributed by atoms with Gasteiger partial charge in [-0.2, -0.15) is 0 Å². The molecular formula is C68H42N8O8S4. The summed E-state index contributed by atoms with van der Waals surface area (Å²) in [5.41, 5.74) is 7.51. The molecule has 8 aromatic carbocycles. The molecule has 0 atom stereocenters. The highest BCUT2D eigenvalue weighted by atomic mass is 32.2. The van der Waals surface area contributed by atoms with Crippen molar-refractivity contribution in [1.29, 1.82) is 0 Å². The molecule has 426 valence electrons. The fourth-order valence-electron chi connectivity index (χ4n) is 12.5. The van der Waals surface area contributed by atoms with Gasteiger partial charge in [-0.1, -0.05) is 97.1 Å². The number of aromatic amines is 2. The number of nitrogens with zero attached hydrogens (tertiary/aromatic N) is 6. The highest BCUT2D eigenvalue weighted by molar-refractivity contribution is 7.91. The predicted octanol–water partition coefficient (Wildman–Crippen LogP) is 14.1. The summed E-state index contributed by atoms with van der Waals surface area (Å²) in [6.07, 6.45) is 6.12. The number of aromatic nitrogens is 8. The van der Waals surface area contributed by atoms with E-state index in [4.69, 9.17) is 9.97 Å². The van der Waals surface area contributed by atoms with Gasteiger partial charge in [0.05, 0.1) is 64.4 Å². The average Bonchev–Trinajstić information content (AvgIpc) is 1.75. The Balaban J connectivity index is 0.953. The normalized spacial score (nSPS) is 12.9. The first-order chi connectivity index (χ1) is 42.6. The summed E-state index contributed by atoms with van der Waals surface area (Å²) in [5, 5.41) is 5.16. The fraction of sp³-hybridized carbons (Fsp3) is 0. The summed E-state index contributed by atoms with van der Waals surface area (Å²) in [6, 6.07) is 62.4. The van der Waals surface area contributed by atoms with E-state index in [1.54, 1.807) is 170 Å². The van der Waals surface area contributed by atoms with Crippen LogP contribution in [-0.2, 0) is 40.1 Å². The largest absolute Gasteiger partial charge is 0.354 e. The van der Waals surface area contributed by atoms with Gasteiger partial charge in [0.25, 0.3) is 40.1 Å². The van der Waals surface area contributed by atoms with E-state index in [1.807, 2.05) is 48.5 Å². The third-order valence-corrected chi connectivity index (χ3v) is 23.6. The SMILES string of the molecule is O=S(=O)(c1ccc2c(c1)-c1cc3[nH]c(cc4nc(cc5[nH]c(cc-2n1)c1cc(S(=O)(=O)n2ccc6ccccc62)ccc51)-c1cc(S(=O)(=O)n2ccc5ccccc52)ccc1-4)c1cc(S(=O)(=O)n2ccc4ccccc42)ccc31)n1ccc2ccccc21. The summed E-state index contributed by atoms with van der Waals surface area (Å²) in [4.78, 5) is 17.7. The highest BCUT2D eigenvalue weighted by Gasteiger charge is 2.29. The molecule has 20 heteroatoms. The minimum atomic E-state index is -4.20. The summed E-state index contributed by atoms with van der Waals surface area (Å²) < 4.78 is 123. The molecular weight excluding hydrogens is 1190 g/mol. The molecule has 9 heterocycles. The van der Waals surface area contributed by atoms with Crippen molar-refractivity contribution in [2.75, 3.05) is 0 Å². The number of para-hydroxylation sites is 4. The van der Waals surface area contributed by atoms with Crippen LogP contribution in [0.5, 0.6) is 0 Å². The molecule has 0 amide bonds. The maximum atomic E-state index is 14.8. The second-order valence-electron chi connectivity index (χ2n) is 21.8. The van der Waals surface area contributed by atoms with Crippen LogP contribution < -0.4 is 0 Å².